The molecule has 0 radical (unpaired) electrons. The predicted octanol–water partition coefficient (Wildman–Crippen LogP) is 3.67. The van der Waals surface area contributed by atoms with E-state index >= 15 is 0 Å². The van der Waals surface area contributed by atoms with Gasteiger partial charge in [-0.3, -0.25) is 14.6 Å². The van der Waals surface area contributed by atoms with Gasteiger partial charge in [0.2, 0.25) is 5.91 Å². The summed E-state index contributed by atoms with van der Waals surface area (Å²) in [5, 5.41) is 6.58. The molecule has 1 N–H and O–H groups in total. The fourth-order valence-electron chi connectivity index (χ4n) is 3.78. The lowest BCUT2D eigenvalue weighted by Crippen LogP contribution is -2.48. The molecule has 0 bridgehead atoms. The van der Waals surface area contributed by atoms with Crippen molar-refractivity contribution in [1.82, 2.24) is 9.80 Å². The first kappa shape index (κ1) is 20.7. The Balaban J connectivity index is 1.28. The summed E-state index contributed by atoms with van der Waals surface area (Å²) in [6.45, 7) is 5.05. The zero-order valence-electron chi connectivity index (χ0n) is 17.4. The van der Waals surface area contributed by atoms with Gasteiger partial charge in [-0.2, -0.15) is 0 Å². The van der Waals surface area contributed by atoms with Gasteiger partial charge in [-0.25, -0.2) is 0 Å². The predicted molar refractivity (Wildman–Crippen MR) is 122 cm³/mol. The molecule has 1 saturated heterocycles. The normalized spacial score (nSPS) is 15.3. The number of amides is 1. The molecule has 0 saturated carbocycles. The molecule has 6 nitrogen and oxygen atoms in total. The summed E-state index contributed by atoms with van der Waals surface area (Å²) in [5.74, 6) is 1.28. The van der Waals surface area contributed by atoms with Gasteiger partial charge in [0, 0.05) is 61.3 Å². The molecular weight excluding hydrogens is 398 g/mol. The van der Waals surface area contributed by atoms with Crippen LogP contribution in [0, 0.1) is 0 Å². The van der Waals surface area contributed by atoms with E-state index in [-0.39, 0.29) is 5.91 Å². The van der Waals surface area contributed by atoms with Crippen LogP contribution in [0.3, 0.4) is 0 Å². The van der Waals surface area contributed by atoms with Gasteiger partial charge in [-0.1, -0.05) is 18.2 Å². The Kier molecular flexibility index (Phi) is 6.52. The molecule has 4 rings (SSSR count). The molecule has 30 heavy (non-hydrogen) atoms. The number of hydrogen-bond donors (Lipinski definition) is 1. The van der Waals surface area contributed by atoms with Gasteiger partial charge in [0.15, 0.2) is 0 Å². The SMILES string of the molecule is COc1cc(NC(=O)CN2CCN(Cc3csc4ccccc34)CC2)cc(OC)c1. The first-order valence-electron chi connectivity index (χ1n) is 10.1. The molecule has 7 heteroatoms. The Morgan fingerprint density at radius 3 is 2.37 bits per heavy atom. The van der Waals surface area contributed by atoms with E-state index in [1.165, 1.54) is 15.6 Å². The number of anilines is 1. The monoisotopic (exact) mass is 425 g/mol. The van der Waals surface area contributed by atoms with Crippen molar-refractivity contribution in [3.05, 3.63) is 53.4 Å². The summed E-state index contributed by atoms with van der Waals surface area (Å²) in [6, 6.07) is 14.0. The van der Waals surface area contributed by atoms with Crippen LogP contribution in [0.2, 0.25) is 0 Å². The minimum atomic E-state index is -0.0254. The van der Waals surface area contributed by atoms with Crippen LogP contribution in [0.4, 0.5) is 5.69 Å². The molecular formula is C23H27N3O3S. The summed E-state index contributed by atoms with van der Waals surface area (Å²) >= 11 is 1.81. The zero-order valence-corrected chi connectivity index (χ0v) is 18.2. The number of carbonyl (C=O) groups is 1. The first-order valence-corrected chi connectivity index (χ1v) is 11.0. The maximum atomic E-state index is 12.5. The average Bonchev–Trinajstić information content (AvgIpc) is 3.17. The van der Waals surface area contributed by atoms with E-state index in [0.717, 1.165) is 32.7 Å². The minimum Gasteiger partial charge on any atom is -0.497 e. The number of fused-ring (bicyclic) bond motifs is 1. The smallest absolute Gasteiger partial charge is 0.238 e. The third kappa shape index (κ3) is 4.92. The fraction of sp³-hybridized carbons (Fsp3) is 0.348. The lowest BCUT2D eigenvalue weighted by molar-refractivity contribution is -0.117. The molecule has 1 aromatic heterocycles. The van der Waals surface area contributed by atoms with Gasteiger partial charge in [-0.15, -0.1) is 11.3 Å². The van der Waals surface area contributed by atoms with Gasteiger partial charge < -0.3 is 14.8 Å². The van der Waals surface area contributed by atoms with Gasteiger partial charge >= 0.3 is 0 Å². The summed E-state index contributed by atoms with van der Waals surface area (Å²) in [7, 11) is 3.19. The summed E-state index contributed by atoms with van der Waals surface area (Å²) in [4.78, 5) is 17.2. The highest BCUT2D eigenvalue weighted by Crippen LogP contribution is 2.27. The molecule has 0 atom stereocenters. The Bertz CT molecular complexity index is 990. The zero-order chi connectivity index (χ0) is 20.9. The fourth-order valence-corrected chi connectivity index (χ4v) is 4.74. The van der Waals surface area contributed by atoms with E-state index in [1.807, 2.05) is 11.3 Å². The van der Waals surface area contributed by atoms with Crippen LogP contribution in [0.25, 0.3) is 10.1 Å². The largest absolute Gasteiger partial charge is 0.497 e. The number of nitrogens with one attached hydrogen (secondary N) is 1. The van der Waals surface area contributed by atoms with E-state index in [2.05, 4.69) is 44.8 Å². The number of ether oxygens (including phenoxy) is 2. The second kappa shape index (κ2) is 9.47. The number of piperazine rings is 1. The lowest BCUT2D eigenvalue weighted by Gasteiger charge is -2.34. The Hall–Kier alpha value is -2.61. The number of hydrogen-bond acceptors (Lipinski definition) is 6. The van der Waals surface area contributed by atoms with Crippen molar-refractivity contribution in [2.75, 3.05) is 52.3 Å². The number of rotatable bonds is 7. The molecule has 2 heterocycles. The molecule has 0 unspecified atom stereocenters. The highest BCUT2D eigenvalue weighted by Gasteiger charge is 2.20. The van der Waals surface area contributed by atoms with E-state index in [9.17, 15) is 4.79 Å². The van der Waals surface area contributed by atoms with Crippen LogP contribution in [0.5, 0.6) is 11.5 Å². The Labute approximate surface area is 181 Å². The first-order chi connectivity index (χ1) is 14.6. The third-order valence-electron chi connectivity index (χ3n) is 5.42. The minimum absolute atomic E-state index is 0.0254. The second-order valence-electron chi connectivity index (χ2n) is 7.46. The van der Waals surface area contributed by atoms with Crippen LogP contribution in [-0.2, 0) is 11.3 Å². The third-order valence-corrected chi connectivity index (χ3v) is 6.43. The van der Waals surface area contributed by atoms with Crippen LogP contribution >= 0.6 is 11.3 Å². The van der Waals surface area contributed by atoms with Crippen molar-refractivity contribution in [3.8, 4) is 11.5 Å². The van der Waals surface area contributed by atoms with Gasteiger partial charge in [0.25, 0.3) is 0 Å². The maximum Gasteiger partial charge on any atom is 0.238 e. The van der Waals surface area contributed by atoms with E-state index < -0.39 is 0 Å². The quantitative estimate of drug-likeness (QED) is 0.626. The van der Waals surface area contributed by atoms with Crippen LogP contribution in [0.15, 0.2) is 47.8 Å². The highest BCUT2D eigenvalue weighted by molar-refractivity contribution is 7.17. The van der Waals surface area contributed by atoms with Crippen molar-refractivity contribution in [1.29, 1.82) is 0 Å². The Morgan fingerprint density at radius 1 is 1.00 bits per heavy atom. The number of methoxy groups -OCH3 is 2. The highest BCUT2D eigenvalue weighted by atomic mass is 32.1. The van der Waals surface area contributed by atoms with Gasteiger partial charge in [-0.05, 0) is 22.4 Å². The number of nitrogens with zero attached hydrogens (tertiary/aromatic N) is 2. The van der Waals surface area contributed by atoms with E-state index in [0.29, 0.717) is 23.7 Å². The molecule has 1 fully saturated rings. The molecule has 1 amide bonds. The standard InChI is InChI=1S/C23H27N3O3S/c1-28-19-11-18(12-20(13-19)29-2)24-23(27)15-26-9-7-25(8-10-26)14-17-16-30-22-6-4-3-5-21(17)22/h3-6,11-13,16H,7-10,14-15H2,1-2H3,(H,24,27). The molecule has 1 aliphatic rings. The van der Waals surface area contributed by atoms with Gasteiger partial charge in [0.05, 0.1) is 20.8 Å². The van der Waals surface area contributed by atoms with Crippen molar-refractivity contribution in [2.45, 2.75) is 6.54 Å². The van der Waals surface area contributed by atoms with Crippen molar-refractivity contribution < 1.29 is 14.3 Å². The Morgan fingerprint density at radius 2 is 1.67 bits per heavy atom. The summed E-state index contributed by atoms with van der Waals surface area (Å²) < 4.78 is 11.9. The van der Waals surface area contributed by atoms with Crippen molar-refractivity contribution in [3.63, 3.8) is 0 Å². The average molecular weight is 426 g/mol. The van der Waals surface area contributed by atoms with Crippen molar-refractivity contribution >= 4 is 33.0 Å². The summed E-state index contributed by atoms with van der Waals surface area (Å²) in [6.07, 6.45) is 0. The van der Waals surface area contributed by atoms with Gasteiger partial charge in [0.1, 0.15) is 11.5 Å². The van der Waals surface area contributed by atoms with Crippen LogP contribution in [0.1, 0.15) is 5.56 Å². The van der Waals surface area contributed by atoms with Crippen LogP contribution < -0.4 is 14.8 Å². The number of carbonyl (C=O) groups excluding carboxylic acids is 1. The number of benzene rings is 2. The maximum absolute atomic E-state index is 12.5. The summed E-state index contributed by atoms with van der Waals surface area (Å²) in [5.41, 5.74) is 2.08. The van der Waals surface area contributed by atoms with Crippen molar-refractivity contribution in [2.24, 2.45) is 0 Å². The molecule has 158 valence electrons. The molecule has 0 aliphatic carbocycles. The molecule has 1 aliphatic heterocycles. The lowest BCUT2D eigenvalue weighted by atomic mass is 10.1. The second-order valence-corrected chi connectivity index (χ2v) is 8.37. The van der Waals surface area contributed by atoms with E-state index in [4.69, 9.17) is 9.47 Å². The molecule has 2 aromatic carbocycles. The topological polar surface area (TPSA) is 54.0 Å². The molecule has 0 spiro atoms. The molecule has 3 aromatic rings. The number of thiophene rings is 1. The van der Waals surface area contributed by atoms with Crippen LogP contribution in [-0.4, -0.2) is 62.7 Å². The van der Waals surface area contributed by atoms with E-state index in [1.54, 1.807) is 32.4 Å².